The minimum absolute atomic E-state index is 0.508. The molecule has 0 amide bonds. The number of aromatic nitrogens is 1. The van der Waals surface area contributed by atoms with Gasteiger partial charge in [-0.15, -0.1) is 0 Å². The molecule has 1 fully saturated rings. The Morgan fingerprint density at radius 3 is 2.07 bits per heavy atom. The minimum Gasteiger partial charge on any atom is -0.454 e. The average Bonchev–Trinajstić information content (AvgIpc) is 3.48. The van der Waals surface area contributed by atoms with Gasteiger partial charge in [-0.05, 0) is 96.1 Å². The molecule has 0 bridgehead atoms. The molecule has 7 rings (SSSR count). The van der Waals surface area contributed by atoms with Gasteiger partial charge in [0.25, 0.3) is 0 Å². The second-order valence-electron chi connectivity index (χ2n) is 13.6. The summed E-state index contributed by atoms with van der Waals surface area (Å²) in [4.78, 5) is 0. The lowest BCUT2D eigenvalue weighted by Gasteiger charge is -2.29. The van der Waals surface area contributed by atoms with Crippen molar-refractivity contribution in [2.75, 3.05) is 0 Å². The first-order valence-corrected chi connectivity index (χ1v) is 16.2. The summed E-state index contributed by atoms with van der Waals surface area (Å²) >= 11 is 0. The van der Waals surface area contributed by atoms with Crippen molar-refractivity contribution < 1.29 is 14.5 Å². The smallest absolute Gasteiger partial charge is 0.216 e. The number of hydrogen-bond acceptors (Lipinski definition) is 2. The van der Waals surface area contributed by atoms with Gasteiger partial charge in [0, 0.05) is 34.0 Å². The highest BCUT2D eigenvalue weighted by Crippen LogP contribution is 2.44. The zero-order chi connectivity index (χ0) is 35.6. The number of furan rings is 1. The lowest BCUT2D eigenvalue weighted by molar-refractivity contribution is -0.660. The van der Waals surface area contributed by atoms with Crippen molar-refractivity contribution in [3.8, 4) is 28.5 Å². The Kier molecular flexibility index (Phi) is 6.61. The van der Waals surface area contributed by atoms with Gasteiger partial charge in [0.05, 0.1) is 17.2 Å². The summed E-state index contributed by atoms with van der Waals surface area (Å²) in [6.45, 7) is 7.79. The third-order valence-electron chi connectivity index (χ3n) is 9.28. The number of benzene rings is 4. The summed E-state index contributed by atoms with van der Waals surface area (Å²) in [6.07, 6.45) is 2.81. The van der Waals surface area contributed by atoms with Crippen molar-refractivity contribution >= 4 is 21.9 Å². The van der Waals surface area contributed by atoms with Crippen LogP contribution in [0.15, 0.2) is 102 Å². The molecule has 1 saturated carbocycles. The van der Waals surface area contributed by atoms with Gasteiger partial charge < -0.3 is 4.42 Å². The molecule has 0 radical (unpaired) electrons. The molecule has 230 valence electrons. The first-order valence-electron chi connectivity index (χ1n) is 18.2. The van der Waals surface area contributed by atoms with Crippen molar-refractivity contribution in [2.45, 2.75) is 71.5 Å². The van der Waals surface area contributed by atoms with E-state index in [-0.39, 0.29) is 0 Å². The average molecular weight is 608 g/mol. The van der Waals surface area contributed by atoms with Gasteiger partial charge in [0.1, 0.15) is 18.2 Å². The van der Waals surface area contributed by atoms with Gasteiger partial charge in [0.15, 0.2) is 6.20 Å². The monoisotopic (exact) mass is 607 g/mol. The molecule has 0 spiro atoms. The minimum atomic E-state index is -1.56. The van der Waals surface area contributed by atoms with Crippen molar-refractivity contribution in [3.63, 3.8) is 0 Å². The Balaban J connectivity index is 1.31. The lowest BCUT2D eigenvalue weighted by atomic mass is 9.76. The summed E-state index contributed by atoms with van der Waals surface area (Å²) in [5, 5.41) is 12.1. The molecule has 1 aliphatic rings. The second kappa shape index (κ2) is 11.9. The van der Waals surface area contributed by atoms with Crippen LogP contribution in [-0.4, -0.2) is 0 Å². The molecule has 2 heterocycles. The standard InChI is InChI=1S/C43H43N2O/c1-28-11-21-36-37-22-20-35(27-44)40(42(37)46-41(36)39(28)38-25-29(23-24-45(38)5)26-43(2,3)4)34-18-16-33(17-19-34)32-14-12-31(13-15-32)30-9-7-6-8-10-30/h6-11,16-25,31-32H,12-15,26H2,1-5H3/q+1/i26D2,31D,32D. The van der Waals surface area contributed by atoms with E-state index in [0.29, 0.717) is 48.0 Å². The van der Waals surface area contributed by atoms with Gasteiger partial charge >= 0.3 is 0 Å². The first kappa shape index (κ1) is 25.5. The molecule has 46 heavy (non-hydrogen) atoms. The predicted octanol–water partition coefficient (Wildman–Crippen LogP) is 11.0. The van der Waals surface area contributed by atoms with Gasteiger partial charge in [-0.25, -0.2) is 4.57 Å². The number of pyridine rings is 1. The highest BCUT2D eigenvalue weighted by molar-refractivity contribution is 6.14. The van der Waals surface area contributed by atoms with E-state index < -0.39 is 23.6 Å². The Bertz CT molecular complexity index is 2290. The summed E-state index contributed by atoms with van der Waals surface area (Å²) in [7, 11) is 1.96. The fourth-order valence-corrected chi connectivity index (χ4v) is 7.01. The second-order valence-corrected chi connectivity index (χ2v) is 13.6. The Morgan fingerprint density at radius 1 is 0.826 bits per heavy atom. The van der Waals surface area contributed by atoms with Crippen molar-refractivity contribution in [2.24, 2.45) is 12.5 Å². The van der Waals surface area contributed by atoms with Crippen LogP contribution in [-0.2, 0) is 13.4 Å². The van der Waals surface area contributed by atoms with Crippen LogP contribution in [0.2, 0.25) is 0 Å². The number of aryl methyl sites for hydroxylation is 2. The zero-order valence-electron chi connectivity index (χ0n) is 31.4. The van der Waals surface area contributed by atoms with E-state index in [4.69, 9.17) is 8.53 Å². The molecule has 0 atom stereocenters. The molecule has 3 heteroatoms. The molecule has 3 nitrogen and oxygen atoms in total. The topological polar surface area (TPSA) is 40.8 Å². The summed E-state index contributed by atoms with van der Waals surface area (Å²) in [5.41, 5.74) is 8.08. The van der Waals surface area contributed by atoms with Crippen LogP contribution >= 0.6 is 0 Å². The van der Waals surface area contributed by atoms with E-state index in [0.717, 1.165) is 49.8 Å². The van der Waals surface area contributed by atoms with Crippen LogP contribution in [0.1, 0.15) is 91.5 Å². The molecule has 0 N–H and O–H groups in total. The van der Waals surface area contributed by atoms with Gasteiger partial charge in [-0.3, -0.25) is 0 Å². The maximum Gasteiger partial charge on any atom is 0.216 e. The SMILES string of the molecule is [2H]C1(c2ccccc2)CCC([2H])(c2ccc(-c3c(C#N)ccc4c3oc3c(-c5cc(C([2H])([2H])C(C)(C)C)cc[n+]5C)c(C)ccc34)cc2)CC1. The predicted molar refractivity (Wildman–Crippen MR) is 189 cm³/mol. The molecule has 6 aromatic rings. The van der Waals surface area contributed by atoms with E-state index >= 15 is 0 Å². The summed E-state index contributed by atoms with van der Waals surface area (Å²) in [5.74, 6) is -1.45. The Hall–Kier alpha value is -4.68. The van der Waals surface area contributed by atoms with Crippen molar-refractivity contribution in [3.05, 3.63) is 125 Å². The van der Waals surface area contributed by atoms with E-state index in [9.17, 15) is 6.63 Å². The third kappa shape index (κ3) is 5.62. The maximum absolute atomic E-state index is 10.3. The summed E-state index contributed by atoms with van der Waals surface area (Å²) in [6, 6.07) is 32.1. The quantitative estimate of drug-likeness (QED) is 0.183. The first-order chi connectivity index (χ1) is 23.7. The van der Waals surface area contributed by atoms with Crippen molar-refractivity contribution in [1.29, 1.82) is 5.26 Å². The van der Waals surface area contributed by atoms with E-state index in [1.165, 1.54) is 0 Å². The van der Waals surface area contributed by atoms with Gasteiger partial charge in [-0.1, -0.05) is 87.5 Å². The van der Waals surface area contributed by atoms with Gasteiger partial charge in [-0.2, -0.15) is 5.26 Å². The van der Waals surface area contributed by atoms with E-state index in [1.54, 1.807) is 0 Å². The number of fused-ring (bicyclic) bond motifs is 3. The number of nitriles is 1. The number of rotatable bonds is 5. The van der Waals surface area contributed by atoms with Crippen LogP contribution in [0.4, 0.5) is 0 Å². The van der Waals surface area contributed by atoms with Crippen LogP contribution < -0.4 is 4.57 Å². The van der Waals surface area contributed by atoms with Crippen LogP contribution in [0.3, 0.4) is 0 Å². The molecule has 0 aliphatic heterocycles. The van der Waals surface area contributed by atoms with Crippen molar-refractivity contribution in [1.82, 2.24) is 0 Å². The third-order valence-corrected chi connectivity index (χ3v) is 9.28. The molecule has 1 aliphatic carbocycles. The molecular weight excluding hydrogens is 560 g/mol. The Morgan fingerprint density at radius 2 is 1.43 bits per heavy atom. The largest absolute Gasteiger partial charge is 0.454 e. The fraction of sp³-hybridized carbons (Fsp3) is 0.302. The highest BCUT2D eigenvalue weighted by atomic mass is 16.3. The highest BCUT2D eigenvalue weighted by Gasteiger charge is 2.26. The van der Waals surface area contributed by atoms with Gasteiger partial charge in [0.2, 0.25) is 5.69 Å². The van der Waals surface area contributed by atoms with E-state index in [2.05, 4.69) is 18.2 Å². The normalized spacial score (nSPS) is 21.7. The van der Waals surface area contributed by atoms with Crippen LogP contribution in [0.5, 0.6) is 0 Å². The number of hydrogen-bond donors (Lipinski definition) is 0. The molecular formula is C43H43N2O+. The molecule has 2 aromatic heterocycles. The zero-order valence-corrected chi connectivity index (χ0v) is 27.4. The number of nitrogens with zero attached hydrogens (tertiary/aromatic N) is 2. The summed E-state index contributed by atoms with van der Waals surface area (Å²) < 4.78 is 45.3. The van der Waals surface area contributed by atoms with Crippen LogP contribution in [0.25, 0.3) is 44.3 Å². The molecule has 0 saturated heterocycles. The molecule has 4 aromatic carbocycles. The fourth-order valence-electron chi connectivity index (χ4n) is 7.01. The maximum atomic E-state index is 10.3. The van der Waals surface area contributed by atoms with Crippen LogP contribution in [0, 0.1) is 23.7 Å². The lowest BCUT2D eigenvalue weighted by Crippen LogP contribution is -2.31. The molecule has 0 unspecified atom stereocenters. The Labute approximate surface area is 278 Å². The van der Waals surface area contributed by atoms with E-state index in [1.807, 2.05) is 124 Å².